The molecule has 2 aromatic rings. The molecule has 2 aliphatic rings. The van der Waals surface area contributed by atoms with E-state index in [4.69, 9.17) is 0 Å². The molecule has 2 aromatic carbocycles. The van der Waals surface area contributed by atoms with Crippen LogP contribution < -0.4 is 5.32 Å². The SMILES string of the molecule is CN(C(=O)Cc1ccc2c(c1)NC(=O)C2)[C@H](CN1CCC(O)C1)c1cccc(C(=O)O)c1. The van der Waals surface area contributed by atoms with E-state index in [0.29, 0.717) is 25.9 Å². The molecule has 0 aliphatic carbocycles. The second kappa shape index (κ2) is 9.10. The number of aromatic carboxylic acids is 1. The van der Waals surface area contributed by atoms with Crippen molar-refractivity contribution in [3.63, 3.8) is 0 Å². The van der Waals surface area contributed by atoms with E-state index in [1.807, 2.05) is 24.3 Å². The van der Waals surface area contributed by atoms with E-state index in [0.717, 1.165) is 28.9 Å². The van der Waals surface area contributed by atoms with Crippen LogP contribution in [-0.4, -0.2) is 70.6 Å². The molecule has 1 unspecified atom stereocenters. The number of nitrogens with one attached hydrogen (secondary N) is 1. The summed E-state index contributed by atoms with van der Waals surface area (Å²) in [4.78, 5) is 40.0. The highest BCUT2D eigenvalue weighted by atomic mass is 16.4. The van der Waals surface area contributed by atoms with Gasteiger partial charge in [0.1, 0.15) is 0 Å². The molecule has 3 N–H and O–H groups in total. The average molecular weight is 437 g/mol. The Balaban J connectivity index is 1.55. The normalized spacial score (nSPS) is 18.8. The van der Waals surface area contributed by atoms with Crippen LogP contribution >= 0.6 is 0 Å². The van der Waals surface area contributed by atoms with Crippen LogP contribution in [0.25, 0.3) is 0 Å². The molecule has 8 heteroatoms. The van der Waals surface area contributed by atoms with Gasteiger partial charge in [0.15, 0.2) is 0 Å². The number of anilines is 1. The summed E-state index contributed by atoms with van der Waals surface area (Å²) in [5, 5.41) is 22.1. The van der Waals surface area contributed by atoms with Crippen LogP contribution in [0.15, 0.2) is 42.5 Å². The van der Waals surface area contributed by atoms with Crippen molar-refractivity contribution in [2.24, 2.45) is 0 Å². The number of aliphatic hydroxyl groups excluding tert-OH is 1. The van der Waals surface area contributed by atoms with Gasteiger partial charge in [-0.2, -0.15) is 0 Å². The summed E-state index contributed by atoms with van der Waals surface area (Å²) in [5.74, 6) is -1.18. The summed E-state index contributed by atoms with van der Waals surface area (Å²) < 4.78 is 0. The van der Waals surface area contributed by atoms with Crippen LogP contribution in [0, 0.1) is 0 Å². The van der Waals surface area contributed by atoms with E-state index in [9.17, 15) is 24.6 Å². The van der Waals surface area contributed by atoms with Gasteiger partial charge >= 0.3 is 5.97 Å². The van der Waals surface area contributed by atoms with Crippen LogP contribution in [0.2, 0.25) is 0 Å². The van der Waals surface area contributed by atoms with Crippen molar-refractivity contribution >= 4 is 23.5 Å². The van der Waals surface area contributed by atoms with E-state index in [2.05, 4.69) is 10.2 Å². The fraction of sp³-hybridized carbons (Fsp3) is 0.375. The number of carboxylic acid groups (broad SMARTS) is 1. The Labute approximate surface area is 186 Å². The highest BCUT2D eigenvalue weighted by Crippen LogP contribution is 2.27. The van der Waals surface area contributed by atoms with Crippen LogP contribution in [0.5, 0.6) is 0 Å². The van der Waals surface area contributed by atoms with E-state index in [1.165, 1.54) is 6.07 Å². The first-order valence-corrected chi connectivity index (χ1v) is 10.7. The van der Waals surface area contributed by atoms with Gasteiger partial charge < -0.3 is 20.4 Å². The molecule has 0 aromatic heterocycles. The molecule has 2 atom stereocenters. The molecule has 0 saturated carbocycles. The Bertz CT molecular complexity index is 1050. The van der Waals surface area contributed by atoms with Crippen LogP contribution in [0.3, 0.4) is 0 Å². The van der Waals surface area contributed by atoms with Crippen molar-refractivity contribution in [1.82, 2.24) is 9.80 Å². The summed E-state index contributed by atoms with van der Waals surface area (Å²) in [6.07, 6.45) is 0.814. The number of fused-ring (bicyclic) bond motifs is 1. The standard InChI is InChI=1S/C24H27N3O5/c1-26(23(30)10-15-5-6-16-12-22(29)25-20(16)9-15)21(14-27-8-7-19(28)13-27)17-3-2-4-18(11-17)24(31)32/h2-6,9,11,19,21,28H,7-8,10,12-14H2,1H3,(H,25,29)(H,31,32)/t19?,21-/m1/s1. The second-order valence-corrected chi connectivity index (χ2v) is 8.55. The Kier molecular flexibility index (Phi) is 6.25. The maximum Gasteiger partial charge on any atom is 0.335 e. The predicted molar refractivity (Wildman–Crippen MR) is 118 cm³/mol. The number of rotatable bonds is 7. The number of benzene rings is 2. The predicted octanol–water partition coefficient (Wildman–Crippen LogP) is 1.69. The van der Waals surface area contributed by atoms with Gasteiger partial charge in [0.25, 0.3) is 0 Å². The van der Waals surface area contributed by atoms with Crippen molar-refractivity contribution in [3.05, 3.63) is 64.7 Å². The maximum atomic E-state index is 13.2. The molecule has 1 fully saturated rings. The number of β-amino-alcohol motifs (C(OH)–C–C–N with tert-alkyl or cyclic N) is 1. The third kappa shape index (κ3) is 4.81. The number of carbonyl (C=O) groups is 3. The molecule has 0 spiro atoms. The number of amides is 2. The quantitative estimate of drug-likeness (QED) is 0.608. The molecule has 0 radical (unpaired) electrons. The monoisotopic (exact) mass is 437 g/mol. The van der Waals surface area contributed by atoms with Gasteiger partial charge in [0.05, 0.1) is 30.6 Å². The number of likely N-dealkylation sites (N-methyl/N-ethyl adjacent to an activating group) is 1. The highest BCUT2D eigenvalue weighted by molar-refractivity contribution is 5.99. The lowest BCUT2D eigenvalue weighted by Crippen LogP contribution is -2.39. The molecular formula is C24H27N3O5. The molecule has 2 amide bonds. The first-order chi connectivity index (χ1) is 15.3. The number of likely N-dealkylation sites (tertiary alicyclic amines) is 1. The Morgan fingerprint density at radius 3 is 2.78 bits per heavy atom. The Morgan fingerprint density at radius 1 is 1.25 bits per heavy atom. The van der Waals surface area contributed by atoms with Gasteiger partial charge in [-0.05, 0) is 41.3 Å². The molecule has 4 rings (SSSR count). The lowest BCUT2D eigenvalue weighted by atomic mass is 10.0. The molecule has 1 saturated heterocycles. The summed E-state index contributed by atoms with van der Waals surface area (Å²) in [7, 11) is 1.72. The number of carbonyl (C=O) groups excluding carboxylic acids is 2. The van der Waals surface area contributed by atoms with Crippen molar-refractivity contribution in [3.8, 4) is 0 Å². The molecule has 2 heterocycles. The van der Waals surface area contributed by atoms with Crippen molar-refractivity contribution in [2.45, 2.75) is 31.4 Å². The molecular weight excluding hydrogens is 410 g/mol. The van der Waals surface area contributed by atoms with Crippen LogP contribution in [0.4, 0.5) is 5.69 Å². The maximum absolute atomic E-state index is 13.2. The van der Waals surface area contributed by atoms with Gasteiger partial charge in [0, 0.05) is 32.4 Å². The van der Waals surface area contributed by atoms with Gasteiger partial charge in [-0.3, -0.25) is 14.5 Å². The summed E-state index contributed by atoms with van der Waals surface area (Å²) in [6.45, 7) is 1.76. The first-order valence-electron chi connectivity index (χ1n) is 10.7. The Morgan fingerprint density at radius 2 is 2.06 bits per heavy atom. The van der Waals surface area contributed by atoms with Crippen LogP contribution in [0.1, 0.15) is 39.5 Å². The van der Waals surface area contributed by atoms with E-state index < -0.39 is 5.97 Å². The van der Waals surface area contributed by atoms with Gasteiger partial charge in [-0.1, -0.05) is 24.3 Å². The zero-order chi connectivity index (χ0) is 22.8. The number of hydrogen-bond acceptors (Lipinski definition) is 5. The molecule has 32 heavy (non-hydrogen) atoms. The van der Waals surface area contributed by atoms with Crippen molar-refractivity contribution in [2.75, 3.05) is 32.0 Å². The molecule has 0 bridgehead atoms. The van der Waals surface area contributed by atoms with Gasteiger partial charge in [-0.25, -0.2) is 4.79 Å². The first kappa shape index (κ1) is 22.0. The fourth-order valence-corrected chi connectivity index (χ4v) is 4.40. The van der Waals surface area contributed by atoms with Gasteiger partial charge in [0.2, 0.25) is 11.8 Å². The number of nitrogens with zero attached hydrogens (tertiary/aromatic N) is 2. The highest BCUT2D eigenvalue weighted by Gasteiger charge is 2.29. The summed E-state index contributed by atoms with van der Waals surface area (Å²) in [6, 6.07) is 11.9. The van der Waals surface area contributed by atoms with Crippen molar-refractivity contribution < 1.29 is 24.6 Å². The zero-order valence-electron chi connectivity index (χ0n) is 18.0. The third-order valence-electron chi connectivity index (χ3n) is 6.21. The molecule has 168 valence electrons. The zero-order valence-corrected chi connectivity index (χ0v) is 18.0. The van der Waals surface area contributed by atoms with Crippen LogP contribution in [-0.2, 0) is 22.4 Å². The minimum Gasteiger partial charge on any atom is -0.478 e. The largest absolute Gasteiger partial charge is 0.478 e. The lowest BCUT2D eigenvalue weighted by molar-refractivity contribution is -0.131. The smallest absolute Gasteiger partial charge is 0.335 e. The van der Waals surface area contributed by atoms with Crippen molar-refractivity contribution in [1.29, 1.82) is 0 Å². The minimum atomic E-state index is -1.02. The molecule has 8 nitrogen and oxygen atoms in total. The minimum absolute atomic E-state index is 0.0493. The fourth-order valence-electron chi connectivity index (χ4n) is 4.40. The number of carboxylic acids is 1. The third-order valence-corrected chi connectivity index (χ3v) is 6.21. The molecule has 2 aliphatic heterocycles. The Hall–Kier alpha value is -3.23. The summed E-state index contributed by atoms with van der Waals surface area (Å²) >= 11 is 0. The van der Waals surface area contributed by atoms with E-state index in [1.54, 1.807) is 24.1 Å². The second-order valence-electron chi connectivity index (χ2n) is 8.55. The average Bonchev–Trinajstić information content (AvgIpc) is 3.35. The topological polar surface area (TPSA) is 110 Å². The lowest BCUT2D eigenvalue weighted by Gasteiger charge is -2.32. The summed E-state index contributed by atoms with van der Waals surface area (Å²) in [5.41, 5.74) is 3.39. The van der Waals surface area contributed by atoms with E-state index in [-0.39, 0.29) is 35.9 Å². The number of hydrogen-bond donors (Lipinski definition) is 3. The number of aliphatic hydroxyl groups is 1. The van der Waals surface area contributed by atoms with Gasteiger partial charge in [-0.15, -0.1) is 0 Å². The van der Waals surface area contributed by atoms with E-state index >= 15 is 0 Å².